The first-order chi connectivity index (χ1) is 17.5. The Morgan fingerprint density at radius 3 is 2.78 bits per heavy atom. The van der Waals surface area contributed by atoms with Gasteiger partial charge in [0.25, 0.3) is 0 Å². The second-order valence-corrected chi connectivity index (χ2v) is 10.5. The molecule has 10 heteroatoms. The standard InChI is InChI=1S/C26H28N6O2S2/c1-31(2)15-23(33)32-11-9-16-13-21(34-3)19(14-20(16)32)29-26-28-18-10-12-36-24(18)25(30-26)27-17-7-5-6-8-22(17)35-4/h5-8,10,12-14H,9,11,15H2,1-4H3,(H2,27,28,29,30). The van der Waals surface area contributed by atoms with Crippen molar-refractivity contribution in [1.29, 1.82) is 0 Å². The van der Waals surface area contributed by atoms with E-state index in [4.69, 9.17) is 14.7 Å². The summed E-state index contributed by atoms with van der Waals surface area (Å²) in [6, 6.07) is 14.1. The summed E-state index contributed by atoms with van der Waals surface area (Å²) in [5.74, 6) is 1.95. The van der Waals surface area contributed by atoms with Crippen molar-refractivity contribution in [3.63, 3.8) is 0 Å². The Morgan fingerprint density at radius 1 is 1.17 bits per heavy atom. The lowest BCUT2D eigenvalue weighted by Gasteiger charge is -2.21. The number of carbonyl (C=O) groups excluding carboxylic acids is 1. The van der Waals surface area contributed by atoms with Gasteiger partial charge in [0.2, 0.25) is 11.9 Å². The van der Waals surface area contributed by atoms with Crippen LogP contribution < -0.4 is 20.3 Å². The molecule has 0 fully saturated rings. The number of anilines is 5. The van der Waals surface area contributed by atoms with Crippen molar-refractivity contribution in [1.82, 2.24) is 14.9 Å². The van der Waals surface area contributed by atoms with Crippen molar-refractivity contribution >= 4 is 68.1 Å². The minimum absolute atomic E-state index is 0.0738. The number of thiophene rings is 1. The Balaban J connectivity index is 1.50. The monoisotopic (exact) mass is 520 g/mol. The van der Waals surface area contributed by atoms with Crippen LogP contribution in [0.15, 0.2) is 52.7 Å². The molecule has 0 atom stereocenters. The molecule has 1 aliphatic heterocycles. The second-order valence-electron chi connectivity index (χ2n) is 8.70. The van der Waals surface area contributed by atoms with Gasteiger partial charge in [0.1, 0.15) is 5.75 Å². The van der Waals surface area contributed by atoms with Crippen LogP contribution in [0.2, 0.25) is 0 Å². The predicted molar refractivity (Wildman–Crippen MR) is 150 cm³/mol. The van der Waals surface area contributed by atoms with Gasteiger partial charge in [-0.05, 0) is 68.0 Å². The summed E-state index contributed by atoms with van der Waals surface area (Å²) in [5.41, 5.74) is 4.55. The highest BCUT2D eigenvalue weighted by Gasteiger charge is 2.27. The highest BCUT2D eigenvalue weighted by molar-refractivity contribution is 7.98. The average molecular weight is 521 g/mol. The smallest absolute Gasteiger partial charge is 0.241 e. The topological polar surface area (TPSA) is 82.6 Å². The Bertz CT molecular complexity index is 1420. The number of amides is 1. The third-order valence-electron chi connectivity index (χ3n) is 5.96. The van der Waals surface area contributed by atoms with Gasteiger partial charge < -0.3 is 25.2 Å². The summed E-state index contributed by atoms with van der Waals surface area (Å²) in [4.78, 5) is 27.3. The normalized spacial score (nSPS) is 12.8. The van der Waals surface area contributed by atoms with E-state index in [-0.39, 0.29) is 5.91 Å². The number of methoxy groups -OCH3 is 1. The molecule has 0 aliphatic carbocycles. The molecule has 4 aromatic rings. The number of hydrogen-bond acceptors (Lipinski definition) is 9. The van der Waals surface area contributed by atoms with E-state index in [9.17, 15) is 4.79 Å². The van der Waals surface area contributed by atoms with Crippen LogP contribution in [0.4, 0.5) is 28.8 Å². The Morgan fingerprint density at radius 2 is 2.00 bits per heavy atom. The maximum absolute atomic E-state index is 12.8. The van der Waals surface area contributed by atoms with E-state index in [0.29, 0.717) is 30.5 Å². The molecule has 36 heavy (non-hydrogen) atoms. The summed E-state index contributed by atoms with van der Waals surface area (Å²) in [5, 5.41) is 8.87. The van der Waals surface area contributed by atoms with Crippen LogP contribution in [0.25, 0.3) is 10.2 Å². The number of carbonyl (C=O) groups is 1. The number of nitrogens with one attached hydrogen (secondary N) is 2. The summed E-state index contributed by atoms with van der Waals surface area (Å²) in [6.07, 6.45) is 2.85. The van der Waals surface area contributed by atoms with Crippen LogP contribution in [0.1, 0.15) is 5.56 Å². The van der Waals surface area contributed by atoms with Crippen molar-refractivity contribution in [2.75, 3.05) is 56.1 Å². The fourth-order valence-corrected chi connectivity index (χ4v) is 5.63. The van der Waals surface area contributed by atoms with Crippen LogP contribution in [0.5, 0.6) is 5.75 Å². The number of hydrogen-bond donors (Lipinski definition) is 2. The quantitative estimate of drug-likeness (QED) is 0.301. The number of para-hydroxylation sites is 1. The Kier molecular flexibility index (Phi) is 6.99. The van der Waals surface area contributed by atoms with Gasteiger partial charge in [0.15, 0.2) is 5.82 Å². The van der Waals surface area contributed by atoms with Crippen molar-refractivity contribution < 1.29 is 9.53 Å². The minimum Gasteiger partial charge on any atom is -0.495 e. The molecule has 0 radical (unpaired) electrons. The summed E-state index contributed by atoms with van der Waals surface area (Å²) in [6.45, 7) is 1.02. The largest absolute Gasteiger partial charge is 0.495 e. The SMILES string of the molecule is COc1cc2c(cc1Nc1nc(Nc3ccccc3SC)c3sccc3n1)N(C(=O)CN(C)C)CC2. The lowest BCUT2D eigenvalue weighted by atomic mass is 10.1. The number of likely N-dealkylation sites (N-methyl/N-ethyl adjacent to an activating group) is 1. The molecule has 5 rings (SSSR count). The number of ether oxygens (including phenoxy) is 1. The third-order valence-corrected chi connectivity index (χ3v) is 7.67. The molecule has 0 saturated heterocycles. The number of aromatic nitrogens is 2. The van der Waals surface area contributed by atoms with E-state index in [1.54, 1.807) is 30.2 Å². The van der Waals surface area contributed by atoms with Gasteiger partial charge in [0.05, 0.1) is 35.2 Å². The number of fused-ring (bicyclic) bond motifs is 2. The Hall–Kier alpha value is -3.34. The minimum atomic E-state index is 0.0738. The van der Waals surface area contributed by atoms with Crippen molar-refractivity contribution in [3.05, 3.63) is 53.4 Å². The molecule has 0 spiro atoms. The van der Waals surface area contributed by atoms with Crippen LogP contribution in [-0.2, 0) is 11.2 Å². The van der Waals surface area contributed by atoms with Gasteiger partial charge in [-0.1, -0.05) is 12.1 Å². The van der Waals surface area contributed by atoms with E-state index >= 15 is 0 Å². The van der Waals surface area contributed by atoms with Crippen LogP contribution in [0, 0.1) is 0 Å². The highest BCUT2D eigenvalue weighted by atomic mass is 32.2. The summed E-state index contributed by atoms with van der Waals surface area (Å²) < 4.78 is 6.67. The molecule has 0 saturated carbocycles. The maximum atomic E-state index is 12.8. The fourth-order valence-electron chi connectivity index (χ4n) is 4.30. The van der Waals surface area contributed by atoms with Crippen LogP contribution in [0.3, 0.4) is 0 Å². The van der Waals surface area contributed by atoms with Crippen LogP contribution >= 0.6 is 23.1 Å². The number of benzene rings is 2. The molecule has 186 valence electrons. The van der Waals surface area contributed by atoms with Crippen molar-refractivity contribution in [3.8, 4) is 5.75 Å². The summed E-state index contributed by atoms with van der Waals surface area (Å²) in [7, 11) is 5.44. The highest BCUT2D eigenvalue weighted by Crippen LogP contribution is 2.39. The van der Waals surface area contributed by atoms with Crippen molar-refractivity contribution in [2.45, 2.75) is 11.3 Å². The Labute approximate surface area is 218 Å². The lowest BCUT2D eigenvalue weighted by molar-refractivity contribution is -0.119. The molecule has 0 unspecified atom stereocenters. The fraction of sp³-hybridized carbons (Fsp3) is 0.269. The molecule has 2 aromatic carbocycles. The first kappa shape index (κ1) is 24.4. The zero-order valence-corrected chi connectivity index (χ0v) is 22.3. The summed E-state index contributed by atoms with van der Waals surface area (Å²) >= 11 is 3.28. The van der Waals surface area contributed by atoms with Crippen LogP contribution in [-0.4, -0.2) is 61.3 Å². The number of nitrogens with zero attached hydrogens (tertiary/aromatic N) is 4. The van der Waals surface area contributed by atoms with Crippen molar-refractivity contribution in [2.24, 2.45) is 0 Å². The average Bonchev–Trinajstić information content (AvgIpc) is 3.50. The molecule has 1 amide bonds. The maximum Gasteiger partial charge on any atom is 0.241 e. The zero-order chi connectivity index (χ0) is 25.2. The van der Waals surface area contributed by atoms with Gasteiger partial charge in [-0.2, -0.15) is 4.98 Å². The number of thioether (sulfide) groups is 1. The molecule has 3 heterocycles. The van der Waals surface area contributed by atoms with Gasteiger partial charge in [-0.15, -0.1) is 23.1 Å². The first-order valence-corrected chi connectivity index (χ1v) is 13.7. The van der Waals surface area contributed by atoms with Gasteiger partial charge >= 0.3 is 0 Å². The second kappa shape index (κ2) is 10.3. The van der Waals surface area contributed by atoms with E-state index in [2.05, 4.69) is 23.0 Å². The number of rotatable bonds is 8. The third kappa shape index (κ3) is 4.84. The predicted octanol–water partition coefficient (Wildman–Crippen LogP) is 5.36. The zero-order valence-electron chi connectivity index (χ0n) is 20.7. The van der Waals surface area contributed by atoms with E-state index in [1.165, 1.54) is 0 Å². The van der Waals surface area contributed by atoms with Gasteiger partial charge in [-0.3, -0.25) is 4.79 Å². The van der Waals surface area contributed by atoms with Gasteiger partial charge in [-0.25, -0.2) is 4.98 Å². The van der Waals surface area contributed by atoms with E-state index in [0.717, 1.165) is 44.3 Å². The molecule has 0 bridgehead atoms. The molecule has 1 aliphatic rings. The molecular formula is C26H28N6O2S2. The first-order valence-electron chi connectivity index (χ1n) is 11.5. The van der Waals surface area contributed by atoms with E-state index in [1.807, 2.05) is 65.7 Å². The molecular weight excluding hydrogens is 492 g/mol. The van der Waals surface area contributed by atoms with E-state index < -0.39 is 0 Å². The molecule has 8 nitrogen and oxygen atoms in total. The lowest BCUT2D eigenvalue weighted by Crippen LogP contribution is -2.36. The van der Waals surface area contributed by atoms with Gasteiger partial charge in [0, 0.05) is 17.1 Å². The molecule has 2 aromatic heterocycles. The molecule has 2 N–H and O–H groups in total.